The minimum atomic E-state index is -0.595. The fourth-order valence-electron chi connectivity index (χ4n) is 4.46. The summed E-state index contributed by atoms with van der Waals surface area (Å²) in [5.74, 6) is 0.577. The van der Waals surface area contributed by atoms with Gasteiger partial charge >= 0.3 is 0 Å². The van der Waals surface area contributed by atoms with Crippen molar-refractivity contribution in [3.8, 4) is 5.75 Å². The first-order chi connectivity index (χ1) is 18.3. The third-order valence-corrected chi connectivity index (χ3v) is 6.57. The Balaban J connectivity index is 1.52. The Labute approximate surface area is 225 Å². The van der Waals surface area contributed by atoms with Crippen molar-refractivity contribution in [2.24, 2.45) is 0 Å². The van der Waals surface area contributed by atoms with Crippen LogP contribution in [0.2, 0.25) is 5.02 Å². The van der Waals surface area contributed by atoms with Gasteiger partial charge in [-0.05, 0) is 73.5 Å². The van der Waals surface area contributed by atoms with E-state index in [1.165, 1.54) is 6.20 Å². The van der Waals surface area contributed by atoms with Crippen LogP contribution < -0.4 is 20.7 Å². The molecule has 1 aliphatic heterocycles. The molecule has 3 N–H and O–H groups in total. The van der Waals surface area contributed by atoms with E-state index in [4.69, 9.17) is 16.3 Å². The number of rotatable bonds is 6. The van der Waals surface area contributed by atoms with E-state index in [1.807, 2.05) is 50.2 Å². The van der Waals surface area contributed by atoms with E-state index in [9.17, 15) is 9.59 Å². The topological polar surface area (TPSA) is 97.3 Å². The van der Waals surface area contributed by atoms with Crippen LogP contribution in [-0.4, -0.2) is 28.7 Å². The number of allylic oxidation sites excluding steroid dienone is 1. The van der Waals surface area contributed by atoms with Crippen LogP contribution in [0.1, 0.15) is 34.5 Å². The maximum atomic E-state index is 13.6. The Morgan fingerprint density at radius 1 is 0.947 bits per heavy atom. The molecule has 2 heterocycles. The van der Waals surface area contributed by atoms with Crippen LogP contribution in [0, 0.1) is 6.92 Å². The van der Waals surface area contributed by atoms with Crippen molar-refractivity contribution < 1.29 is 14.3 Å². The van der Waals surface area contributed by atoms with Crippen molar-refractivity contribution in [2.45, 2.75) is 19.9 Å². The molecule has 8 nitrogen and oxygen atoms in total. The van der Waals surface area contributed by atoms with Gasteiger partial charge in [-0.3, -0.25) is 9.59 Å². The number of nitrogens with zero attached hydrogens (tertiary/aromatic N) is 2. The normalized spacial score (nSPS) is 14.4. The summed E-state index contributed by atoms with van der Waals surface area (Å²) in [6, 6.07) is 21.3. The molecule has 3 aromatic carbocycles. The van der Waals surface area contributed by atoms with E-state index in [0.717, 1.165) is 11.1 Å². The predicted molar refractivity (Wildman–Crippen MR) is 149 cm³/mol. The minimum Gasteiger partial charge on any atom is -0.497 e. The maximum absolute atomic E-state index is 13.6. The Morgan fingerprint density at radius 3 is 2.34 bits per heavy atom. The van der Waals surface area contributed by atoms with Crippen molar-refractivity contribution in [3.63, 3.8) is 0 Å². The summed E-state index contributed by atoms with van der Waals surface area (Å²) in [5, 5.41) is 14.3. The molecule has 192 valence electrons. The van der Waals surface area contributed by atoms with Gasteiger partial charge in [0, 0.05) is 22.1 Å². The van der Waals surface area contributed by atoms with Gasteiger partial charge < -0.3 is 20.7 Å². The van der Waals surface area contributed by atoms with E-state index >= 15 is 0 Å². The molecular formula is C29H26ClN5O3. The molecule has 0 unspecified atom stereocenters. The number of carbonyl (C=O) groups excluding carboxylic acids is 2. The summed E-state index contributed by atoms with van der Waals surface area (Å²) in [7, 11) is 1.59. The summed E-state index contributed by atoms with van der Waals surface area (Å²) >= 11 is 6.15. The minimum absolute atomic E-state index is 0.299. The smallest absolute Gasteiger partial charge is 0.261 e. The number of ether oxygens (including phenoxy) is 1. The number of nitrogens with one attached hydrogen (secondary N) is 3. The molecule has 9 heteroatoms. The summed E-state index contributed by atoms with van der Waals surface area (Å²) < 4.78 is 6.87. The number of hydrogen-bond donors (Lipinski definition) is 3. The van der Waals surface area contributed by atoms with Gasteiger partial charge in [0.15, 0.2) is 0 Å². The average molecular weight is 528 g/mol. The van der Waals surface area contributed by atoms with Gasteiger partial charge in [-0.25, -0.2) is 4.68 Å². The number of benzene rings is 3. The molecule has 0 aliphatic carbocycles. The maximum Gasteiger partial charge on any atom is 0.261 e. The molecular weight excluding hydrogens is 502 g/mol. The van der Waals surface area contributed by atoms with E-state index in [0.29, 0.717) is 44.8 Å². The Hall–Kier alpha value is -4.56. The largest absolute Gasteiger partial charge is 0.497 e. The predicted octanol–water partition coefficient (Wildman–Crippen LogP) is 6.03. The number of carbonyl (C=O) groups is 2. The number of halogens is 1. The van der Waals surface area contributed by atoms with Crippen LogP contribution in [0.5, 0.6) is 5.75 Å². The zero-order chi connectivity index (χ0) is 26.8. The zero-order valence-corrected chi connectivity index (χ0v) is 21.8. The standard InChI is InChI=1S/C29H26ClN5O3/c1-17-5-4-6-22(15-17)34-28(36)24-16-31-35-26(19-7-9-20(30)10-8-19)25(18(2)32-27(24)35)29(37)33-21-11-13-23(38-3)14-12-21/h4-16,26,32H,1-3H3,(H,33,37)(H,34,36)/t26-/m0/s1. The highest BCUT2D eigenvalue weighted by Gasteiger charge is 2.35. The lowest BCUT2D eigenvalue weighted by molar-refractivity contribution is -0.113. The molecule has 0 saturated heterocycles. The van der Waals surface area contributed by atoms with Crippen molar-refractivity contribution in [1.82, 2.24) is 9.78 Å². The highest BCUT2D eigenvalue weighted by molar-refractivity contribution is 6.30. The second kappa shape index (κ2) is 10.4. The fraction of sp³-hybridized carbons (Fsp3) is 0.138. The van der Waals surface area contributed by atoms with Gasteiger partial charge in [-0.1, -0.05) is 35.9 Å². The van der Waals surface area contributed by atoms with Gasteiger partial charge in [0.1, 0.15) is 23.2 Å². The lowest BCUT2D eigenvalue weighted by atomic mass is 9.94. The first-order valence-electron chi connectivity index (χ1n) is 12.0. The molecule has 1 atom stereocenters. The molecule has 38 heavy (non-hydrogen) atoms. The highest BCUT2D eigenvalue weighted by Crippen LogP contribution is 2.38. The van der Waals surface area contributed by atoms with Gasteiger partial charge in [0.05, 0.1) is 18.9 Å². The third-order valence-electron chi connectivity index (χ3n) is 6.32. The SMILES string of the molecule is COc1ccc(NC(=O)C2=C(C)Nc3c(C(=O)Nc4cccc(C)c4)cnn3[C@H]2c2ccc(Cl)cc2)cc1. The number of amides is 2. The number of methoxy groups -OCH3 is 1. The highest BCUT2D eigenvalue weighted by atomic mass is 35.5. The van der Waals surface area contributed by atoms with Crippen molar-refractivity contribution >= 4 is 40.6 Å². The van der Waals surface area contributed by atoms with Gasteiger partial charge in [0.2, 0.25) is 0 Å². The molecule has 1 aliphatic rings. The van der Waals surface area contributed by atoms with Crippen LogP contribution in [0.15, 0.2) is 90.3 Å². The van der Waals surface area contributed by atoms with Crippen molar-refractivity contribution in [2.75, 3.05) is 23.1 Å². The molecule has 0 spiro atoms. The first kappa shape index (κ1) is 25.1. The molecule has 5 rings (SSSR count). The van der Waals surface area contributed by atoms with Crippen LogP contribution in [0.3, 0.4) is 0 Å². The summed E-state index contributed by atoms with van der Waals surface area (Å²) in [6.07, 6.45) is 1.51. The third kappa shape index (κ3) is 4.99. The van der Waals surface area contributed by atoms with E-state index in [-0.39, 0.29) is 11.8 Å². The number of anilines is 3. The second-order valence-corrected chi connectivity index (χ2v) is 9.41. The molecule has 2 amide bonds. The summed E-state index contributed by atoms with van der Waals surface area (Å²) in [4.78, 5) is 26.9. The quantitative estimate of drug-likeness (QED) is 0.284. The van der Waals surface area contributed by atoms with Crippen molar-refractivity contribution in [1.29, 1.82) is 0 Å². The van der Waals surface area contributed by atoms with E-state index < -0.39 is 6.04 Å². The summed E-state index contributed by atoms with van der Waals surface area (Å²) in [6.45, 7) is 3.77. The Morgan fingerprint density at radius 2 is 1.66 bits per heavy atom. The first-order valence-corrected chi connectivity index (χ1v) is 12.4. The van der Waals surface area contributed by atoms with Gasteiger partial charge in [-0.2, -0.15) is 5.10 Å². The number of fused-ring (bicyclic) bond motifs is 1. The molecule has 4 aromatic rings. The molecule has 0 saturated carbocycles. The number of aryl methyl sites for hydroxylation is 1. The lowest BCUT2D eigenvalue weighted by Crippen LogP contribution is -2.32. The molecule has 0 radical (unpaired) electrons. The average Bonchev–Trinajstić information content (AvgIpc) is 3.32. The number of aromatic nitrogens is 2. The Bertz CT molecular complexity index is 1540. The molecule has 1 aromatic heterocycles. The van der Waals surface area contributed by atoms with Gasteiger partial charge in [-0.15, -0.1) is 0 Å². The van der Waals surface area contributed by atoms with Crippen LogP contribution in [-0.2, 0) is 4.79 Å². The number of hydrogen-bond acceptors (Lipinski definition) is 5. The van der Waals surface area contributed by atoms with Crippen LogP contribution in [0.4, 0.5) is 17.2 Å². The molecule has 0 bridgehead atoms. The summed E-state index contributed by atoms with van der Waals surface area (Å²) in [5.41, 5.74) is 4.57. The zero-order valence-electron chi connectivity index (χ0n) is 21.1. The lowest BCUT2D eigenvalue weighted by Gasteiger charge is -2.30. The van der Waals surface area contributed by atoms with Crippen LogP contribution in [0.25, 0.3) is 0 Å². The monoisotopic (exact) mass is 527 g/mol. The van der Waals surface area contributed by atoms with Gasteiger partial charge in [0.25, 0.3) is 11.8 Å². The van der Waals surface area contributed by atoms with E-state index in [1.54, 1.807) is 48.2 Å². The van der Waals surface area contributed by atoms with E-state index in [2.05, 4.69) is 21.0 Å². The Kier molecular flexibility index (Phi) is 6.89. The fourth-order valence-corrected chi connectivity index (χ4v) is 4.59. The second-order valence-electron chi connectivity index (χ2n) is 8.98. The molecule has 0 fully saturated rings. The van der Waals surface area contributed by atoms with Crippen molar-refractivity contribution in [3.05, 3.63) is 112 Å². The van der Waals surface area contributed by atoms with Crippen LogP contribution >= 0.6 is 11.6 Å².